The van der Waals surface area contributed by atoms with Crippen molar-refractivity contribution in [3.63, 3.8) is 0 Å². The zero-order valence-electron chi connectivity index (χ0n) is 18.7. The first-order valence-corrected chi connectivity index (χ1v) is 11.8. The highest BCUT2D eigenvalue weighted by atomic mass is 16.5. The fourth-order valence-corrected chi connectivity index (χ4v) is 4.86. The molecule has 0 radical (unpaired) electrons. The number of hydrogen-bond acceptors (Lipinski definition) is 5. The maximum Gasteiger partial charge on any atom is 0.339 e. The summed E-state index contributed by atoms with van der Waals surface area (Å²) in [5.74, 6) is 0.197. The van der Waals surface area contributed by atoms with Gasteiger partial charge in [-0.25, -0.2) is 9.78 Å². The van der Waals surface area contributed by atoms with Gasteiger partial charge in [-0.1, -0.05) is 31.0 Å². The summed E-state index contributed by atoms with van der Waals surface area (Å²) in [6.07, 6.45) is 10.5. The highest BCUT2D eigenvalue weighted by Gasteiger charge is 2.27. The minimum absolute atomic E-state index is 0.115. The zero-order valence-corrected chi connectivity index (χ0v) is 18.7. The molecule has 1 amide bonds. The Morgan fingerprint density at radius 3 is 2.61 bits per heavy atom. The number of furan rings is 1. The third-order valence-electron chi connectivity index (χ3n) is 6.52. The van der Waals surface area contributed by atoms with Gasteiger partial charge in [-0.05, 0) is 67.5 Å². The number of carbonyl (C=O) groups excluding carboxylic acids is 2. The molecule has 1 aliphatic carbocycles. The molecule has 0 bridgehead atoms. The number of benzene rings is 1. The van der Waals surface area contributed by atoms with Crippen molar-refractivity contribution >= 4 is 34.4 Å². The van der Waals surface area contributed by atoms with Crippen LogP contribution in [0.5, 0.6) is 0 Å². The standard InChI is InChI=1S/C27H28N2O4/c30-24(29-14-5-1-2-6-15-29)18-33-27(31)25-21-11-3-4-13-23(21)28-26-19(9-7-12-22(25)26)17-20-10-8-16-32-20/h3-4,8,10-11,13,16-17H,1-2,5-7,9,12,14-15,18H2. The highest BCUT2D eigenvalue weighted by molar-refractivity contribution is 6.07. The van der Waals surface area contributed by atoms with Gasteiger partial charge in [0.25, 0.3) is 5.91 Å². The number of nitrogens with zero attached hydrogens (tertiary/aromatic N) is 2. The summed E-state index contributed by atoms with van der Waals surface area (Å²) >= 11 is 0. The van der Waals surface area contributed by atoms with Gasteiger partial charge in [0.1, 0.15) is 5.76 Å². The topological polar surface area (TPSA) is 72.6 Å². The smallest absolute Gasteiger partial charge is 0.339 e. The molecule has 0 saturated carbocycles. The third kappa shape index (κ3) is 4.56. The number of amides is 1. The van der Waals surface area contributed by atoms with Crippen LogP contribution in [-0.4, -0.2) is 41.5 Å². The van der Waals surface area contributed by atoms with Gasteiger partial charge >= 0.3 is 5.97 Å². The minimum Gasteiger partial charge on any atom is -0.465 e. The molecule has 1 saturated heterocycles. The molecule has 6 nitrogen and oxygen atoms in total. The van der Waals surface area contributed by atoms with Crippen LogP contribution in [0.3, 0.4) is 0 Å². The van der Waals surface area contributed by atoms with E-state index in [-0.39, 0.29) is 12.5 Å². The van der Waals surface area contributed by atoms with Crippen molar-refractivity contribution in [3.8, 4) is 0 Å². The first-order valence-electron chi connectivity index (χ1n) is 11.8. The number of ether oxygens (including phenoxy) is 1. The SMILES string of the molecule is O=C(OCC(=O)N1CCCCCC1)c1c2c(nc3ccccc13)C(=Cc1ccco1)CCC2. The average molecular weight is 445 g/mol. The fourth-order valence-electron chi connectivity index (χ4n) is 4.86. The van der Waals surface area contributed by atoms with E-state index in [1.807, 2.05) is 47.4 Å². The van der Waals surface area contributed by atoms with Gasteiger partial charge < -0.3 is 14.1 Å². The summed E-state index contributed by atoms with van der Waals surface area (Å²) in [6, 6.07) is 11.4. The Bertz CT molecular complexity index is 1190. The summed E-state index contributed by atoms with van der Waals surface area (Å²) < 4.78 is 11.1. The van der Waals surface area contributed by atoms with Crippen molar-refractivity contribution in [1.82, 2.24) is 9.88 Å². The summed E-state index contributed by atoms with van der Waals surface area (Å²) in [4.78, 5) is 32.8. The number of pyridine rings is 1. The molecule has 0 unspecified atom stereocenters. The van der Waals surface area contributed by atoms with Crippen molar-refractivity contribution in [1.29, 1.82) is 0 Å². The van der Waals surface area contributed by atoms with E-state index in [1.54, 1.807) is 6.26 Å². The van der Waals surface area contributed by atoms with E-state index >= 15 is 0 Å². The number of esters is 1. The van der Waals surface area contributed by atoms with Gasteiger partial charge in [-0.3, -0.25) is 4.79 Å². The normalized spacial score (nSPS) is 17.6. The largest absolute Gasteiger partial charge is 0.465 e. The highest BCUT2D eigenvalue weighted by Crippen LogP contribution is 2.36. The molecule has 2 aliphatic rings. The molecule has 0 atom stereocenters. The molecule has 1 aliphatic heterocycles. The second kappa shape index (κ2) is 9.61. The molecule has 2 aromatic heterocycles. The molecule has 3 aromatic rings. The van der Waals surface area contributed by atoms with Gasteiger partial charge in [0.2, 0.25) is 0 Å². The molecule has 5 rings (SSSR count). The number of rotatable bonds is 4. The van der Waals surface area contributed by atoms with E-state index in [0.717, 1.165) is 91.5 Å². The van der Waals surface area contributed by atoms with Crippen molar-refractivity contribution in [2.45, 2.75) is 44.9 Å². The van der Waals surface area contributed by atoms with E-state index in [4.69, 9.17) is 14.1 Å². The Labute approximate surface area is 193 Å². The lowest BCUT2D eigenvalue weighted by molar-refractivity contribution is -0.134. The van der Waals surface area contributed by atoms with Crippen LogP contribution in [-0.2, 0) is 16.0 Å². The Hall–Kier alpha value is -3.41. The van der Waals surface area contributed by atoms with Crippen molar-refractivity contribution in [2.24, 2.45) is 0 Å². The van der Waals surface area contributed by atoms with Crippen LogP contribution < -0.4 is 0 Å². The molecule has 3 heterocycles. The zero-order chi connectivity index (χ0) is 22.6. The second-order valence-electron chi connectivity index (χ2n) is 8.74. The number of fused-ring (bicyclic) bond motifs is 2. The number of likely N-dealkylation sites (tertiary alicyclic amines) is 1. The van der Waals surface area contributed by atoms with Gasteiger partial charge in [0.15, 0.2) is 6.61 Å². The lowest BCUT2D eigenvalue weighted by atomic mass is 9.86. The molecule has 170 valence electrons. The monoisotopic (exact) mass is 444 g/mol. The van der Waals surface area contributed by atoms with Crippen LogP contribution in [0.25, 0.3) is 22.6 Å². The van der Waals surface area contributed by atoms with Gasteiger partial charge in [0.05, 0.1) is 23.0 Å². The molecule has 6 heteroatoms. The average Bonchev–Trinajstić information content (AvgIpc) is 3.20. The predicted molar refractivity (Wildman–Crippen MR) is 127 cm³/mol. The van der Waals surface area contributed by atoms with Crippen molar-refractivity contribution in [3.05, 3.63) is 65.2 Å². The van der Waals surface area contributed by atoms with E-state index < -0.39 is 5.97 Å². The Morgan fingerprint density at radius 1 is 1.00 bits per heavy atom. The third-order valence-corrected chi connectivity index (χ3v) is 6.52. The number of hydrogen-bond donors (Lipinski definition) is 0. The lowest BCUT2D eigenvalue weighted by Crippen LogP contribution is -2.35. The van der Waals surface area contributed by atoms with Gasteiger partial charge in [-0.15, -0.1) is 0 Å². The van der Waals surface area contributed by atoms with Crippen molar-refractivity contribution < 1.29 is 18.7 Å². The molecule has 1 fully saturated rings. The Balaban J connectivity index is 1.47. The van der Waals surface area contributed by atoms with E-state index in [2.05, 4.69) is 0 Å². The van der Waals surface area contributed by atoms with Gasteiger partial charge in [0, 0.05) is 18.5 Å². The van der Waals surface area contributed by atoms with Crippen LogP contribution in [0, 0.1) is 0 Å². The van der Waals surface area contributed by atoms with Crippen LogP contribution in [0.1, 0.15) is 65.9 Å². The van der Waals surface area contributed by atoms with Crippen LogP contribution >= 0.6 is 0 Å². The molecular formula is C27H28N2O4. The maximum absolute atomic E-state index is 13.4. The number of para-hydroxylation sites is 1. The molecular weight excluding hydrogens is 416 g/mol. The quantitative estimate of drug-likeness (QED) is 0.513. The number of aromatic nitrogens is 1. The van der Waals surface area contributed by atoms with E-state index in [9.17, 15) is 9.59 Å². The lowest BCUT2D eigenvalue weighted by Gasteiger charge is -2.23. The van der Waals surface area contributed by atoms with E-state index in [0.29, 0.717) is 5.56 Å². The summed E-state index contributed by atoms with van der Waals surface area (Å²) in [7, 11) is 0. The van der Waals surface area contributed by atoms with E-state index in [1.165, 1.54) is 0 Å². The first kappa shape index (κ1) is 21.4. The summed E-state index contributed by atoms with van der Waals surface area (Å²) in [5.41, 5.74) is 4.04. The van der Waals surface area contributed by atoms with Gasteiger partial charge in [-0.2, -0.15) is 0 Å². The second-order valence-corrected chi connectivity index (χ2v) is 8.74. The molecule has 0 N–H and O–H groups in total. The Kier molecular flexibility index (Phi) is 6.24. The predicted octanol–water partition coefficient (Wildman–Crippen LogP) is 5.26. The van der Waals surface area contributed by atoms with Crippen molar-refractivity contribution in [2.75, 3.05) is 19.7 Å². The number of allylic oxidation sites excluding steroid dienone is 1. The minimum atomic E-state index is -0.452. The number of carbonyl (C=O) groups is 2. The van der Waals surface area contributed by atoms with Crippen LogP contribution in [0.4, 0.5) is 0 Å². The first-order chi connectivity index (χ1) is 16.2. The maximum atomic E-state index is 13.4. The van der Waals surface area contributed by atoms with Crippen LogP contribution in [0.15, 0.2) is 47.1 Å². The molecule has 0 spiro atoms. The summed E-state index contributed by atoms with van der Waals surface area (Å²) in [5, 5.41) is 0.766. The Morgan fingerprint density at radius 2 is 1.82 bits per heavy atom. The fraction of sp³-hybridized carbons (Fsp3) is 0.370. The van der Waals surface area contributed by atoms with Crippen LogP contribution in [0.2, 0.25) is 0 Å². The molecule has 1 aromatic carbocycles. The molecule has 33 heavy (non-hydrogen) atoms. The summed E-state index contributed by atoms with van der Waals surface area (Å²) in [6.45, 7) is 1.26.